The van der Waals surface area contributed by atoms with E-state index >= 15 is 0 Å². The van der Waals surface area contributed by atoms with Gasteiger partial charge in [0.15, 0.2) is 5.78 Å². The first-order chi connectivity index (χ1) is 13.3. The van der Waals surface area contributed by atoms with E-state index in [0.29, 0.717) is 17.0 Å². The number of aryl methyl sites for hydroxylation is 3. The molecule has 2 rings (SSSR count). The van der Waals surface area contributed by atoms with Crippen LogP contribution in [0.25, 0.3) is 0 Å². The molecule has 2 aromatic carbocycles. The third-order valence-electron chi connectivity index (χ3n) is 4.35. The molecule has 2 aromatic rings. The van der Waals surface area contributed by atoms with Crippen LogP contribution in [0.2, 0.25) is 0 Å². The summed E-state index contributed by atoms with van der Waals surface area (Å²) in [5.41, 5.74) is 4.05. The van der Waals surface area contributed by atoms with E-state index < -0.39 is 0 Å². The maximum absolute atomic E-state index is 12.3. The SMILES string of the molecule is COc1ccc(C)cc1NC(=O)CNC(=O)CCC(=O)c1cc(C)ccc1C. The Balaban J connectivity index is 1.82. The first-order valence-corrected chi connectivity index (χ1v) is 9.12. The highest BCUT2D eigenvalue weighted by Gasteiger charge is 2.13. The number of carbonyl (C=O) groups is 3. The molecule has 0 aliphatic carbocycles. The lowest BCUT2D eigenvalue weighted by Crippen LogP contribution is -2.33. The molecule has 0 bridgehead atoms. The summed E-state index contributed by atoms with van der Waals surface area (Å²) >= 11 is 0. The van der Waals surface area contributed by atoms with Crippen molar-refractivity contribution in [1.29, 1.82) is 0 Å². The number of hydrogen-bond donors (Lipinski definition) is 2. The van der Waals surface area contributed by atoms with Gasteiger partial charge in [0.2, 0.25) is 11.8 Å². The van der Waals surface area contributed by atoms with Gasteiger partial charge in [-0.05, 0) is 50.1 Å². The highest BCUT2D eigenvalue weighted by atomic mass is 16.5. The number of ketones is 1. The Labute approximate surface area is 165 Å². The number of amides is 2. The zero-order valence-electron chi connectivity index (χ0n) is 16.7. The number of methoxy groups -OCH3 is 1. The van der Waals surface area contributed by atoms with Gasteiger partial charge in [-0.15, -0.1) is 0 Å². The van der Waals surface area contributed by atoms with Gasteiger partial charge in [0.25, 0.3) is 0 Å². The van der Waals surface area contributed by atoms with Gasteiger partial charge < -0.3 is 15.4 Å². The minimum atomic E-state index is -0.363. The number of benzene rings is 2. The Morgan fingerprint density at radius 3 is 2.29 bits per heavy atom. The summed E-state index contributed by atoms with van der Waals surface area (Å²) in [4.78, 5) is 36.4. The van der Waals surface area contributed by atoms with Gasteiger partial charge in [-0.3, -0.25) is 14.4 Å². The Morgan fingerprint density at radius 2 is 1.57 bits per heavy atom. The molecular weight excluding hydrogens is 356 g/mol. The topological polar surface area (TPSA) is 84.5 Å². The molecular formula is C22H26N2O4. The van der Waals surface area contributed by atoms with Crippen LogP contribution in [-0.2, 0) is 9.59 Å². The monoisotopic (exact) mass is 382 g/mol. The molecule has 28 heavy (non-hydrogen) atoms. The molecule has 0 heterocycles. The quantitative estimate of drug-likeness (QED) is 0.686. The van der Waals surface area contributed by atoms with E-state index in [1.165, 1.54) is 7.11 Å². The summed E-state index contributed by atoms with van der Waals surface area (Å²) in [6.45, 7) is 5.53. The summed E-state index contributed by atoms with van der Waals surface area (Å²) < 4.78 is 5.21. The fourth-order valence-corrected chi connectivity index (χ4v) is 2.78. The number of rotatable bonds is 8. The van der Waals surface area contributed by atoms with Crippen LogP contribution in [0, 0.1) is 20.8 Å². The zero-order chi connectivity index (χ0) is 20.7. The second-order valence-corrected chi connectivity index (χ2v) is 6.77. The third-order valence-corrected chi connectivity index (χ3v) is 4.35. The van der Waals surface area contributed by atoms with Crippen LogP contribution in [0.15, 0.2) is 36.4 Å². The molecule has 0 aromatic heterocycles. The largest absolute Gasteiger partial charge is 0.495 e. The molecule has 0 atom stereocenters. The van der Waals surface area contributed by atoms with E-state index in [1.54, 1.807) is 12.1 Å². The Kier molecular flexibility index (Phi) is 7.32. The number of anilines is 1. The molecule has 0 saturated heterocycles. The summed E-state index contributed by atoms with van der Waals surface area (Å²) in [5, 5.41) is 5.26. The maximum atomic E-state index is 12.3. The van der Waals surface area contributed by atoms with Crippen LogP contribution in [-0.4, -0.2) is 31.3 Å². The summed E-state index contributed by atoms with van der Waals surface area (Å²) in [7, 11) is 1.52. The van der Waals surface area contributed by atoms with Crippen molar-refractivity contribution >= 4 is 23.3 Å². The van der Waals surface area contributed by atoms with Crippen molar-refractivity contribution in [1.82, 2.24) is 5.32 Å². The average molecular weight is 382 g/mol. The first-order valence-electron chi connectivity index (χ1n) is 9.12. The third kappa shape index (κ3) is 5.94. The zero-order valence-corrected chi connectivity index (χ0v) is 16.7. The van der Waals surface area contributed by atoms with Gasteiger partial charge >= 0.3 is 0 Å². The number of carbonyl (C=O) groups excluding carboxylic acids is 3. The minimum Gasteiger partial charge on any atom is -0.495 e. The lowest BCUT2D eigenvalue weighted by Gasteiger charge is -2.11. The molecule has 0 radical (unpaired) electrons. The minimum absolute atomic E-state index is 0.0350. The molecule has 2 amide bonds. The van der Waals surface area contributed by atoms with Crippen LogP contribution in [0.4, 0.5) is 5.69 Å². The van der Waals surface area contributed by atoms with E-state index in [9.17, 15) is 14.4 Å². The Hall–Kier alpha value is -3.15. The van der Waals surface area contributed by atoms with Gasteiger partial charge in [-0.2, -0.15) is 0 Å². The Morgan fingerprint density at radius 1 is 0.893 bits per heavy atom. The van der Waals surface area contributed by atoms with Gasteiger partial charge in [-0.1, -0.05) is 23.8 Å². The van der Waals surface area contributed by atoms with Gasteiger partial charge in [0.05, 0.1) is 19.3 Å². The first kappa shape index (κ1) is 21.2. The summed E-state index contributed by atoms with van der Waals surface area (Å²) in [6, 6.07) is 11.1. The fourth-order valence-electron chi connectivity index (χ4n) is 2.78. The number of hydrogen-bond acceptors (Lipinski definition) is 4. The van der Waals surface area contributed by atoms with Gasteiger partial charge in [0, 0.05) is 18.4 Å². The highest BCUT2D eigenvalue weighted by Crippen LogP contribution is 2.24. The van der Waals surface area contributed by atoms with Crippen molar-refractivity contribution in [2.24, 2.45) is 0 Å². The van der Waals surface area contributed by atoms with Crippen molar-refractivity contribution in [2.75, 3.05) is 19.0 Å². The van der Waals surface area contributed by atoms with Crippen LogP contribution in [0.3, 0.4) is 0 Å². The van der Waals surface area contributed by atoms with Crippen LogP contribution < -0.4 is 15.4 Å². The molecule has 148 valence electrons. The predicted molar refractivity (Wildman–Crippen MR) is 109 cm³/mol. The van der Waals surface area contributed by atoms with Gasteiger partial charge in [-0.25, -0.2) is 0 Å². The second-order valence-electron chi connectivity index (χ2n) is 6.77. The van der Waals surface area contributed by atoms with Crippen LogP contribution in [0.1, 0.15) is 39.9 Å². The molecule has 6 nitrogen and oxygen atoms in total. The predicted octanol–water partition coefficient (Wildman–Crippen LogP) is 3.34. The normalized spacial score (nSPS) is 10.3. The lowest BCUT2D eigenvalue weighted by atomic mass is 9.99. The molecule has 0 aliphatic rings. The van der Waals surface area contributed by atoms with E-state index in [2.05, 4.69) is 10.6 Å². The molecule has 0 fully saturated rings. The number of nitrogens with one attached hydrogen (secondary N) is 2. The second kappa shape index (κ2) is 9.69. The van der Waals surface area contributed by atoms with E-state index in [0.717, 1.165) is 16.7 Å². The number of ether oxygens (including phenoxy) is 1. The van der Waals surface area contributed by atoms with Crippen LogP contribution >= 0.6 is 0 Å². The molecule has 0 spiro atoms. The number of Topliss-reactive ketones (excluding diaryl/α,β-unsaturated/α-hetero) is 1. The average Bonchev–Trinajstić information content (AvgIpc) is 2.66. The molecule has 2 N–H and O–H groups in total. The Bertz CT molecular complexity index is 890. The van der Waals surface area contributed by atoms with E-state index in [1.807, 2.05) is 45.0 Å². The van der Waals surface area contributed by atoms with Crippen molar-refractivity contribution < 1.29 is 19.1 Å². The summed E-state index contributed by atoms with van der Waals surface area (Å²) in [5.74, 6) is -0.238. The smallest absolute Gasteiger partial charge is 0.243 e. The molecule has 6 heteroatoms. The maximum Gasteiger partial charge on any atom is 0.243 e. The van der Waals surface area contributed by atoms with Crippen molar-refractivity contribution in [2.45, 2.75) is 33.6 Å². The van der Waals surface area contributed by atoms with Crippen molar-refractivity contribution in [3.05, 3.63) is 58.7 Å². The van der Waals surface area contributed by atoms with E-state index in [4.69, 9.17) is 4.74 Å². The highest BCUT2D eigenvalue weighted by molar-refractivity contribution is 6.00. The fraction of sp³-hybridized carbons (Fsp3) is 0.318. The standard InChI is InChI=1S/C22H26N2O4/c1-14-5-7-16(3)17(11-14)19(25)8-10-21(26)23-13-22(27)24-18-12-15(2)6-9-20(18)28-4/h5-7,9,11-12H,8,10,13H2,1-4H3,(H,23,26)(H,24,27). The van der Waals surface area contributed by atoms with E-state index in [-0.39, 0.29) is 37.0 Å². The molecule has 0 unspecified atom stereocenters. The van der Waals surface area contributed by atoms with Crippen molar-refractivity contribution in [3.8, 4) is 5.75 Å². The molecule has 0 saturated carbocycles. The summed E-state index contributed by atoms with van der Waals surface area (Å²) in [6.07, 6.45) is 0.136. The lowest BCUT2D eigenvalue weighted by molar-refractivity contribution is -0.124. The molecule has 0 aliphatic heterocycles. The van der Waals surface area contributed by atoms with Crippen molar-refractivity contribution in [3.63, 3.8) is 0 Å². The van der Waals surface area contributed by atoms with Gasteiger partial charge in [0.1, 0.15) is 5.75 Å². The van der Waals surface area contributed by atoms with Crippen LogP contribution in [0.5, 0.6) is 5.75 Å².